The third-order valence-electron chi connectivity index (χ3n) is 3.86. The number of aromatic nitrogens is 1. The van der Waals surface area contributed by atoms with Gasteiger partial charge in [0.25, 0.3) is 5.91 Å². The largest absolute Gasteiger partial charge is 0.471 e. The van der Waals surface area contributed by atoms with Gasteiger partial charge in [-0.15, -0.1) is 0 Å². The highest BCUT2D eigenvalue weighted by Crippen LogP contribution is 2.26. The summed E-state index contributed by atoms with van der Waals surface area (Å²) >= 11 is 6.23. The highest BCUT2D eigenvalue weighted by atomic mass is 35.5. The molecular weight excluding hydrogens is 344 g/mol. The second kappa shape index (κ2) is 8.29. The van der Waals surface area contributed by atoms with Crippen molar-refractivity contribution in [1.82, 2.24) is 4.98 Å². The van der Waals surface area contributed by atoms with Gasteiger partial charge in [-0.2, -0.15) is 0 Å². The van der Waals surface area contributed by atoms with E-state index in [0.717, 1.165) is 6.42 Å². The predicted molar refractivity (Wildman–Crippen MR) is 94.3 cm³/mol. The Morgan fingerprint density at radius 1 is 1.40 bits per heavy atom. The zero-order valence-electron chi connectivity index (χ0n) is 13.6. The van der Waals surface area contributed by atoms with Crippen molar-refractivity contribution in [1.29, 1.82) is 0 Å². The number of ether oxygens (including phenoxy) is 2. The number of carbonyl (C=O) groups is 1. The summed E-state index contributed by atoms with van der Waals surface area (Å²) < 4.78 is 11.0. The Morgan fingerprint density at radius 2 is 2.20 bits per heavy atom. The molecule has 1 aromatic carbocycles. The number of amides is 1. The number of benzene rings is 1. The lowest BCUT2D eigenvalue weighted by molar-refractivity contribution is 0.0980. The van der Waals surface area contributed by atoms with Gasteiger partial charge < -0.3 is 19.5 Å². The number of pyridine rings is 1. The minimum absolute atomic E-state index is 0.0678. The van der Waals surface area contributed by atoms with Gasteiger partial charge in [-0.1, -0.05) is 29.8 Å². The minimum atomic E-state index is -0.287. The minimum Gasteiger partial charge on any atom is -0.471 e. The van der Waals surface area contributed by atoms with Gasteiger partial charge in [0.2, 0.25) is 5.88 Å². The standard InChI is InChI=1S/C18H19ClN2O4/c19-16-10-13(11-20-17(16)25-15-6-9-24-12-15)18(23)21(7-8-22)14-4-2-1-3-5-14/h1-5,10-11,15,22H,6-9,12H2. The average Bonchev–Trinajstić information content (AvgIpc) is 3.15. The quantitative estimate of drug-likeness (QED) is 0.855. The average molecular weight is 363 g/mol. The summed E-state index contributed by atoms with van der Waals surface area (Å²) in [5.41, 5.74) is 1.03. The molecule has 3 rings (SSSR count). The molecule has 1 saturated heterocycles. The van der Waals surface area contributed by atoms with Crippen molar-refractivity contribution in [2.75, 3.05) is 31.3 Å². The number of hydrogen-bond acceptors (Lipinski definition) is 5. The molecule has 132 valence electrons. The van der Waals surface area contributed by atoms with Crippen molar-refractivity contribution < 1.29 is 19.4 Å². The normalized spacial score (nSPS) is 16.6. The Bertz CT molecular complexity index is 720. The molecule has 6 nitrogen and oxygen atoms in total. The van der Waals surface area contributed by atoms with Crippen LogP contribution in [0.2, 0.25) is 5.02 Å². The molecule has 25 heavy (non-hydrogen) atoms. The van der Waals surface area contributed by atoms with E-state index < -0.39 is 0 Å². The Kier molecular flexibility index (Phi) is 5.86. The van der Waals surface area contributed by atoms with Gasteiger partial charge in [-0.3, -0.25) is 4.79 Å². The second-order valence-corrected chi connectivity index (χ2v) is 6.04. The van der Waals surface area contributed by atoms with Crippen LogP contribution in [0.3, 0.4) is 0 Å². The molecule has 1 aliphatic heterocycles. The van der Waals surface area contributed by atoms with E-state index in [1.807, 2.05) is 18.2 Å². The number of hydrogen-bond donors (Lipinski definition) is 1. The molecule has 1 aromatic heterocycles. The third kappa shape index (κ3) is 4.28. The van der Waals surface area contributed by atoms with Crippen molar-refractivity contribution in [3.05, 3.63) is 53.2 Å². The topological polar surface area (TPSA) is 71.9 Å². The fourth-order valence-electron chi connectivity index (χ4n) is 2.60. The van der Waals surface area contributed by atoms with Gasteiger partial charge in [0.1, 0.15) is 11.1 Å². The van der Waals surface area contributed by atoms with Crippen LogP contribution in [0.25, 0.3) is 0 Å². The monoisotopic (exact) mass is 362 g/mol. The number of nitrogens with zero attached hydrogens (tertiary/aromatic N) is 2. The first-order chi connectivity index (χ1) is 12.2. The zero-order chi connectivity index (χ0) is 17.6. The highest BCUT2D eigenvalue weighted by Gasteiger charge is 2.22. The first-order valence-corrected chi connectivity index (χ1v) is 8.44. The summed E-state index contributed by atoms with van der Waals surface area (Å²) in [6.07, 6.45) is 2.16. The second-order valence-electron chi connectivity index (χ2n) is 5.63. The zero-order valence-corrected chi connectivity index (χ0v) is 14.4. The van der Waals surface area contributed by atoms with Crippen LogP contribution in [0, 0.1) is 0 Å². The van der Waals surface area contributed by atoms with E-state index >= 15 is 0 Å². The van der Waals surface area contributed by atoms with Crippen molar-refractivity contribution in [2.45, 2.75) is 12.5 Å². The SMILES string of the molecule is O=C(c1cnc(OC2CCOC2)c(Cl)c1)N(CCO)c1ccccc1. The van der Waals surface area contributed by atoms with Gasteiger partial charge in [-0.25, -0.2) is 4.98 Å². The summed E-state index contributed by atoms with van der Waals surface area (Å²) in [4.78, 5) is 18.5. The number of carbonyl (C=O) groups excluding carboxylic acids is 1. The molecule has 1 fully saturated rings. The number of halogens is 1. The lowest BCUT2D eigenvalue weighted by atomic mass is 10.2. The number of aliphatic hydroxyl groups is 1. The highest BCUT2D eigenvalue weighted by molar-refractivity contribution is 6.32. The van der Waals surface area contributed by atoms with Gasteiger partial charge in [0.15, 0.2) is 0 Å². The molecule has 1 amide bonds. The number of rotatable bonds is 6. The van der Waals surface area contributed by atoms with E-state index in [2.05, 4.69) is 4.98 Å². The summed E-state index contributed by atoms with van der Waals surface area (Å²) in [6.45, 7) is 1.20. The smallest absolute Gasteiger partial charge is 0.259 e. The maximum atomic E-state index is 12.8. The molecule has 0 spiro atoms. The van der Waals surface area contributed by atoms with Crippen molar-refractivity contribution in [3.63, 3.8) is 0 Å². The Balaban J connectivity index is 1.79. The van der Waals surface area contributed by atoms with Crippen LogP contribution in [0.1, 0.15) is 16.8 Å². The fraction of sp³-hybridized carbons (Fsp3) is 0.333. The number of aliphatic hydroxyl groups excluding tert-OH is 1. The maximum Gasteiger partial charge on any atom is 0.259 e. The van der Waals surface area contributed by atoms with Crippen molar-refractivity contribution in [2.24, 2.45) is 0 Å². The number of para-hydroxylation sites is 1. The van der Waals surface area contributed by atoms with Crippen LogP contribution >= 0.6 is 11.6 Å². The summed E-state index contributed by atoms with van der Waals surface area (Å²) in [5.74, 6) is 0.00698. The molecule has 1 aliphatic rings. The van der Waals surface area contributed by atoms with Gasteiger partial charge in [0, 0.05) is 24.8 Å². The van der Waals surface area contributed by atoms with Crippen LogP contribution in [-0.4, -0.2) is 48.5 Å². The molecule has 0 aliphatic carbocycles. The molecular formula is C18H19ClN2O4. The van der Waals surface area contributed by atoms with Crippen LogP contribution in [0.5, 0.6) is 5.88 Å². The van der Waals surface area contributed by atoms with Crippen molar-refractivity contribution in [3.8, 4) is 5.88 Å². The molecule has 2 aromatic rings. The van der Waals surface area contributed by atoms with Crippen LogP contribution in [0.15, 0.2) is 42.6 Å². The van der Waals surface area contributed by atoms with Gasteiger partial charge in [0.05, 0.1) is 25.4 Å². The Morgan fingerprint density at radius 3 is 2.84 bits per heavy atom. The lowest BCUT2D eigenvalue weighted by Crippen LogP contribution is -2.33. The van der Waals surface area contributed by atoms with Crippen LogP contribution in [-0.2, 0) is 4.74 Å². The lowest BCUT2D eigenvalue weighted by Gasteiger charge is -2.22. The summed E-state index contributed by atoms with van der Waals surface area (Å²) in [7, 11) is 0. The van der Waals surface area contributed by atoms with E-state index in [1.54, 1.807) is 12.1 Å². The molecule has 0 saturated carbocycles. The number of anilines is 1. The molecule has 1 N–H and O–H groups in total. The van der Waals surface area contributed by atoms with Crippen LogP contribution in [0.4, 0.5) is 5.69 Å². The van der Waals surface area contributed by atoms with Gasteiger partial charge >= 0.3 is 0 Å². The van der Waals surface area contributed by atoms with Gasteiger partial charge in [-0.05, 0) is 18.2 Å². The summed E-state index contributed by atoms with van der Waals surface area (Å²) in [6, 6.07) is 10.7. The molecule has 1 unspecified atom stereocenters. The maximum absolute atomic E-state index is 12.8. The van der Waals surface area contributed by atoms with Crippen LogP contribution < -0.4 is 9.64 Å². The molecule has 2 heterocycles. The Labute approximate surface area is 151 Å². The third-order valence-corrected chi connectivity index (χ3v) is 4.13. The first-order valence-electron chi connectivity index (χ1n) is 8.06. The summed E-state index contributed by atoms with van der Waals surface area (Å²) in [5, 5.41) is 9.56. The molecule has 0 bridgehead atoms. The van der Waals surface area contributed by atoms with E-state index in [4.69, 9.17) is 21.1 Å². The predicted octanol–water partition coefficient (Wildman–Crippen LogP) is 2.54. The van der Waals surface area contributed by atoms with E-state index in [9.17, 15) is 9.90 Å². The molecule has 1 atom stereocenters. The fourth-order valence-corrected chi connectivity index (χ4v) is 2.82. The molecule has 7 heteroatoms. The van der Waals surface area contributed by atoms with E-state index in [1.165, 1.54) is 17.2 Å². The van der Waals surface area contributed by atoms with E-state index in [0.29, 0.717) is 30.3 Å². The Hall–Kier alpha value is -2.15. The molecule has 0 radical (unpaired) electrons. The van der Waals surface area contributed by atoms with E-state index in [-0.39, 0.29) is 30.2 Å². The van der Waals surface area contributed by atoms with Crippen molar-refractivity contribution >= 4 is 23.2 Å². The first kappa shape index (κ1) is 17.7.